The molecule has 0 saturated heterocycles. The second-order valence-electron chi connectivity index (χ2n) is 5.56. The van der Waals surface area contributed by atoms with E-state index in [1.165, 1.54) is 11.8 Å². The maximum Gasteiger partial charge on any atom is 0.233 e. The highest BCUT2D eigenvalue weighted by molar-refractivity contribution is 8.00. The summed E-state index contributed by atoms with van der Waals surface area (Å²) in [7, 11) is 0. The molecule has 1 N–H and O–H groups in total. The number of thioether (sulfide) groups is 1. The molecule has 3 aromatic rings. The molecule has 1 amide bonds. The molecule has 1 heterocycles. The number of carbonyl (C=O) groups is 1. The molecule has 5 heteroatoms. The predicted molar refractivity (Wildman–Crippen MR) is 103 cm³/mol. The first kappa shape index (κ1) is 17.2. The van der Waals surface area contributed by atoms with Crippen LogP contribution in [-0.2, 0) is 4.79 Å². The van der Waals surface area contributed by atoms with E-state index in [0.717, 1.165) is 27.1 Å². The molecule has 0 aliphatic heterocycles. The molecule has 0 unspecified atom stereocenters. The van der Waals surface area contributed by atoms with Crippen molar-refractivity contribution in [3.05, 3.63) is 67.3 Å². The average molecular weight is 349 g/mol. The molecule has 0 aliphatic rings. The Kier molecular flexibility index (Phi) is 5.46. The van der Waals surface area contributed by atoms with Crippen LogP contribution in [0.25, 0.3) is 22.0 Å². The molecule has 1 aromatic heterocycles. The van der Waals surface area contributed by atoms with E-state index < -0.39 is 0 Å². The zero-order valence-electron chi connectivity index (χ0n) is 14.0. The Labute approximate surface area is 151 Å². The van der Waals surface area contributed by atoms with Crippen molar-refractivity contribution in [2.24, 2.45) is 0 Å². The lowest BCUT2D eigenvalue weighted by Crippen LogP contribution is -2.30. The summed E-state index contributed by atoms with van der Waals surface area (Å²) in [6, 6.07) is 18.0. The van der Waals surface area contributed by atoms with Gasteiger partial charge in [-0.1, -0.05) is 72.4 Å². The van der Waals surface area contributed by atoms with E-state index in [4.69, 9.17) is 0 Å². The van der Waals surface area contributed by atoms with Gasteiger partial charge in [-0.3, -0.25) is 4.79 Å². The molecule has 0 bridgehead atoms. The van der Waals surface area contributed by atoms with Crippen LogP contribution >= 0.6 is 11.8 Å². The van der Waals surface area contributed by atoms with E-state index in [9.17, 15) is 4.79 Å². The molecule has 126 valence electrons. The summed E-state index contributed by atoms with van der Waals surface area (Å²) >= 11 is 1.42. The number of fused-ring (bicyclic) bond motifs is 1. The summed E-state index contributed by atoms with van der Waals surface area (Å²) in [6.07, 6.45) is 1.67. The van der Waals surface area contributed by atoms with Crippen LogP contribution in [0.3, 0.4) is 0 Å². The molecule has 0 saturated carbocycles. The second kappa shape index (κ2) is 7.94. The Balaban J connectivity index is 1.96. The third-order valence-corrected chi connectivity index (χ3v) is 4.87. The molecule has 0 fully saturated rings. The minimum Gasteiger partial charge on any atom is -0.352 e. The summed E-state index contributed by atoms with van der Waals surface area (Å²) in [5, 5.41) is 14.2. The summed E-state index contributed by atoms with van der Waals surface area (Å²) in [5.41, 5.74) is 1.88. The zero-order valence-corrected chi connectivity index (χ0v) is 14.8. The molecular formula is C20H19N3OS. The molecule has 0 radical (unpaired) electrons. The lowest BCUT2D eigenvalue weighted by atomic mass is 10.1. The quantitative estimate of drug-likeness (QED) is 0.538. The SMILES string of the molecule is C=CCNC(=O)[C@@H](C)Sc1nnc(-c2ccccc2)c2ccccc12. The van der Waals surface area contributed by atoms with Crippen molar-refractivity contribution in [1.29, 1.82) is 0 Å². The zero-order chi connectivity index (χ0) is 17.6. The third-order valence-electron chi connectivity index (χ3n) is 3.78. The topological polar surface area (TPSA) is 54.9 Å². The molecule has 3 rings (SSSR count). The monoisotopic (exact) mass is 349 g/mol. The van der Waals surface area contributed by atoms with Gasteiger partial charge in [-0.05, 0) is 6.92 Å². The van der Waals surface area contributed by atoms with Gasteiger partial charge in [0.25, 0.3) is 0 Å². The summed E-state index contributed by atoms with van der Waals surface area (Å²) in [4.78, 5) is 12.1. The van der Waals surface area contributed by atoms with E-state index in [1.54, 1.807) is 6.08 Å². The fraction of sp³-hybridized carbons (Fsp3) is 0.150. The molecule has 4 nitrogen and oxygen atoms in total. The Morgan fingerprint density at radius 3 is 2.52 bits per heavy atom. The lowest BCUT2D eigenvalue weighted by molar-refractivity contribution is -0.120. The number of nitrogens with zero attached hydrogens (tertiary/aromatic N) is 2. The lowest BCUT2D eigenvalue weighted by Gasteiger charge is -2.13. The summed E-state index contributed by atoms with van der Waals surface area (Å²) in [5.74, 6) is -0.0390. The predicted octanol–water partition coefficient (Wildman–Crippen LogP) is 4.08. The van der Waals surface area contributed by atoms with Gasteiger partial charge in [-0.2, -0.15) is 0 Å². The molecule has 0 aliphatic carbocycles. The summed E-state index contributed by atoms with van der Waals surface area (Å²) < 4.78 is 0. The van der Waals surface area contributed by atoms with Gasteiger partial charge in [0, 0.05) is 22.9 Å². The number of amides is 1. The van der Waals surface area contributed by atoms with Crippen LogP contribution < -0.4 is 5.32 Å². The first-order valence-corrected chi connectivity index (χ1v) is 8.94. The Morgan fingerprint density at radius 2 is 1.80 bits per heavy atom. The van der Waals surface area contributed by atoms with Crippen molar-refractivity contribution in [1.82, 2.24) is 15.5 Å². The highest BCUT2D eigenvalue weighted by atomic mass is 32.2. The largest absolute Gasteiger partial charge is 0.352 e. The van der Waals surface area contributed by atoms with Crippen molar-refractivity contribution in [2.45, 2.75) is 17.2 Å². The van der Waals surface area contributed by atoms with E-state index in [-0.39, 0.29) is 11.2 Å². The van der Waals surface area contributed by atoms with Crippen molar-refractivity contribution in [2.75, 3.05) is 6.54 Å². The van der Waals surface area contributed by atoms with Crippen molar-refractivity contribution >= 4 is 28.4 Å². The minimum atomic E-state index is -0.264. The molecule has 0 spiro atoms. The Morgan fingerprint density at radius 1 is 1.12 bits per heavy atom. The maximum absolute atomic E-state index is 12.1. The number of carbonyl (C=O) groups excluding carboxylic acids is 1. The molecule has 2 aromatic carbocycles. The number of hydrogen-bond acceptors (Lipinski definition) is 4. The van der Waals surface area contributed by atoms with Gasteiger partial charge in [-0.25, -0.2) is 0 Å². The van der Waals surface area contributed by atoms with E-state index in [2.05, 4.69) is 22.1 Å². The Hall–Kier alpha value is -2.66. The van der Waals surface area contributed by atoms with Crippen LogP contribution in [0.5, 0.6) is 0 Å². The molecule has 1 atom stereocenters. The van der Waals surface area contributed by atoms with Gasteiger partial charge >= 0.3 is 0 Å². The maximum atomic E-state index is 12.1. The van der Waals surface area contributed by atoms with Gasteiger partial charge in [0.2, 0.25) is 5.91 Å². The van der Waals surface area contributed by atoms with Crippen LogP contribution in [-0.4, -0.2) is 27.9 Å². The molecular weight excluding hydrogens is 330 g/mol. The van der Waals surface area contributed by atoms with Crippen molar-refractivity contribution in [3.63, 3.8) is 0 Å². The van der Waals surface area contributed by atoms with Gasteiger partial charge < -0.3 is 5.32 Å². The molecule has 25 heavy (non-hydrogen) atoms. The van der Waals surface area contributed by atoms with Gasteiger partial charge in [-0.15, -0.1) is 16.8 Å². The van der Waals surface area contributed by atoms with Gasteiger partial charge in [0.1, 0.15) is 10.7 Å². The van der Waals surface area contributed by atoms with Crippen LogP contribution in [0.4, 0.5) is 0 Å². The van der Waals surface area contributed by atoms with Crippen molar-refractivity contribution in [3.8, 4) is 11.3 Å². The van der Waals surface area contributed by atoms with E-state index in [0.29, 0.717) is 6.54 Å². The van der Waals surface area contributed by atoms with Gasteiger partial charge in [0.05, 0.1) is 5.25 Å². The minimum absolute atomic E-state index is 0.0390. The standard InChI is InChI=1S/C20H19N3OS/c1-3-13-21-19(24)14(2)25-20-17-12-8-7-11-16(17)18(22-23-20)15-9-5-4-6-10-15/h3-12,14H,1,13H2,2H3,(H,21,24)/t14-/m1/s1. The average Bonchev–Trinajstić information content (AvgIpc) is 2.67. The van der Waals surface area contributed by atoms with Gasteiger partial charge in [0.15, 0.2) is 0 Å². The van der Waals surface area contributed by atoms with Crippen molar-refractivity contribution < 1.29 is 4.79 Å². The van der Waals surface area contributed by atoms with Crippen LogP contribution in [0.1, 0.15) is 6.92 Å². The van der Waals surface area contributed by atoms with E-state index >= 15 is 0 Å². The van der Waals surface area contributed by atoms with Crippen LogP contribution in [0, 0.1) is 0 Å². The highest BCUT2D eigenvalue weighted by Gasteiger charge is 2.18. The number of rotatable bonds is 6. The fourth-order valence-electron chi connectivity index (χ4n) is 2.51. The van der Waals surface area contributed by atoms with E-state index in [1.807, 2.05) is 61.5 Å². The second-order valence-corrected chi connectivity index (χ2v) is 6.89. The first-order valence-electron chi connectivity index (χ1n) is 8.07. The number of nitrogens with one attached hydrogen (secondary N) is 1. The number of benzene rings is 2. The van der Waals surface area contributed by atoms with Crippen LogP contribution in [0.2, 0.25) is 0 Å². The normalized spacial score (nSPS) is 11.9. The smallest absolute Gasteiger partial charge is 0.233 e. The third kappa shape index (κ3) is 3.88. The highest BCUT2D eigenvalue weighted by Crippen LogP contribution is 2.33. The number of aromatic nitrogens is 2. The first-order chi connectivity index (χ1) is 12.2. The Bertz CT molecular complexity index is 896. The summed E-state index contributed by atoms with van der Waals surface area (Å²) in [6.45, 7) is 5.94. The number of hydrogen-bond donors (Lipinski definition) is 1. The fourth-order valence-corrected chi connectivity index (χ4v) is 3.43. The van der Waals surface area contributed by atoms with Crippen LogP contribution in [0.15, 0.2) is 72.3 Å².